The van der Waals surface area contributed by atoms with Gasteiger partial charge >= 0.3 is 5.97 Å². The highest BCUT2D eigenvalue weighted by atomic mass is 16.5. The molecule has 6 nitrogen and oxygen atoms in total. The molecule has 1 aromatic rings. The highest BCUT2D eigenvalue weighted by Crippen LogP contribution is 2.25. The molecule has 0 aromatic heterocycles. The van der Waals surface area contributed by atoms with E-state index < -0.39 is 12.1 Å². The van der Waals surface area contributed by atoms with E-state index in [2.05, 4.69) is 6.92 Å². The van der Waals surface area contributed by atoms with Crippen LogP contribution < -0.4 is 4.74 Å². The third kappa shape index (κ3) is 10.6. The summed E-state index contributed by atoms with van der Waals surface area (Å²) in [5.41, 5.74) is 0.862. The molecule has 1 aliphatic rings. The van der Waals surface area contributed by atoms with Crippen molar-refractivity contribution in [3.63, 3.8) is 0 Å². The Morgan fingerprint density at radius 2 is 1.73 bits per heavy atom. The SMILES string of the molecule is CCCCCCCN(CC1CCCCC1)C(=O)COc1ccc(CC(OCC)C(=O)O)cc1. The standard InChI is InChI=1S/C27H43NO5/c1-3-5-6-7-11-18-28(20-23-12-9-8-10-13-23)26(29)21-33-24-16-14-22(15-17-24)19-25(27(30)31)32-4-2/h14-17,23,25H,3-13,18-21H2,1-2H3,(H,30,31). The highest BCUT2D eigenvalue weighted by Gasteiger charge is 2.21. The number of carboxylic acids is 1. The van der Waals surface area contributed by atoms with Crippen molar-refractivity contribution in [2.45, 2.75) is 90.6 Å². The van der Waals surface area contributed by atoms with Crippen LogP contribution in [0, 0.1) is 5.92 Å². The van der Waals surface area contributed by atoms with Gasteiger partial charge in [0.2, 0.25) is 0 Å². The number of nitrogens with zero attached hydrogens (tertiary/aromatic N) is 1. The summed E-state index contributed by atoms with van der Waals surface area (Å²) in [5.74, 6) is 0.332. The van der Waals surface area contributed by atoms with Gasteiger partial charge in [0.25, 0.3) is 5.91 Å². The van der Waals surface area contributed by atoms with Crippen LogP contribution in [0.3, 0.4) is 0 Å². The van der Waals surface area contributed by atoms with E-state index in [-0.39, 0.29) is 12.5 Å². The summed E-state index contributed by atoms with van der Waals surface area (Å²) in [6.45, 7) is 6.06. The summed E-state index contributed by atoms with van der Waals surface area (Å²) in [7, 11) is 0. The Bertz CT molecular complexity index is 684. The molecule has 0 bridgehead atoms. The number of amides is 1. The maximum atomic E-state index is 13.0. The van der Waals surface area contributed by atoms with Crippen LogP contribution in [0.1, 0.15) is 83.6 Å². The number of ether oxygens (including phenoxy) is 2. The van der Waals surface area contributed by atoms with Crippen LogP contribution in [-0.4, -0.2) is 54.3 Å². The van der Waals surface area contributed by atoms with E-state index >= 15 is 0 Å². The predicted molar refractivity (Wildman–Crippen MR) is 131 cm³/mol. The molecule has 1 aromatic carbocycles. The van der Waals surface area contributed by atoms with Crippen molar-refractivity contribution in [3.05, 3.63) is 29.8 Å². The van der Waals surface area contributed by atoms with Crippen LogP contribution in [0.15, 0.2) is 24.3 Å². The lowest BCUT2D eigenvalue weighted by atomic mass is 9.89. The molecule has 0 radical (unpaired) electrons. The van der Waals surface area contributed by atoms with Gasteiger partial charge in [0.15, 0.2) is 12.7 Å². The first-order valence-electron chi connectivity index (χ1n) is 12.9. The Hall–Kier alpha value is -2.08. The maximum Gasteiger partial charge on any atom is 0.333 e. The molecule has 2 rings (SSSR count). The van der Waals surface area contributed by atoms with E-state index in [0.29, 0.717) is 24.7 Å². The molecule has 1 atom stereocenters. The first-order valence-corrected chi connectivity index (χ1v) is 12.9. The zero-order valence-corrected chi connectivity index (χ0v) is 20.6. The number of carbonyl (C=O) groups excluding carboxylic acids is 1. The molecule has 0 heterocycles. The number of aliphatic carboxylic acids is 1. The zero-order valence-electron chi connectivity index (χ0n) is 20.6. The summed E-state index contributed by atoms with van der Waals surface area (Å²) < 4.78 is 11.1. The van der Waals surface area contributed by atoms with Crippen molar-refractivity contribution in [3.8, 4) is 5.75 Å². The van der Waals surface area contributed by atoms with Gasteiger partial charge in [0, 0.05) is 26.1 Å². The lowest BCUT2D eigenvalue weighted by molar-refractivity contribution is -0.150. The Labute approximate surface area is 199 Å². The van der Waals surface area contributed by atoms with Gasteiger partial charge < -0.3 is 19.5 Å². The molecule has 186 valence electrons. The quantitative estimate of drug-likeness (QED) is 0.330. The number of carboxylic acid groups (broad SMARTS) is 1. The van der Waals surface area contributed by atoms with Crippen LogP contribution >= 0.6 is 0 Å². The lowest BCUT2D eigenvalue weighted by Crippen LogP contribution is -2.39. The average molecular weight is 462 g/mol. The van der Waals surface area contributed by atoms with E-state index in [0.717, 1.165) is 25.1 Å². The van der Waals surface area contributed by atoms with E-state index in [9.17, 15) is 14.7 Å². The average Bonchev–Trinajstić information content (AvgIpc) is 2.82. The topological polar surface area (TPSA) is 76.1 Å². The van der Waals surface area contributed by atoms with E-state index in [4.69, 9.17) is 9.47 Å². The Balaban J connectivity index is 1.86. The number of carbonyl (C=O) groups is 2. The van der Waals surface area contributed by atoms with Crippen molar-refractivity contribution in [2.24, 2.45) is 5.92 Å². The third-order valence-corrected chi connectivity index (χ3v) is 6.44. The monoisotopic (exact) mass is 461 g/mol. The number of unbranched alkanes of at least 4 members (excludes halogenated alkanes) is 4. The molecule has 1 aliphatic carbocycles. The van der Waals surface area contributed by atoms with Crippen LogP contribution in [0.2, 0.25) is 0 Å². The molecule has 0 saturated heterocycles. The van der Waals surface area contributed by atoms with Gasteiger partial charge in [-0.3, -0.25) is 4.79 Å². The molecule has 1 saturated carbocycles. The highest BCUT2D eigenvalue weighted by molar-refractivity contribution is 5.77. The smallest absolute Gasteiger partial charge is 0.333 e. The van der Waals surface area contributed by atoms with Crippen molar-refractivity contribution in [2.75, 3.05) is 26.3 Å². The lowest BCUT2D eigenvalue weighted by Gasteiger charge is -2.30. The second kappa shape index (κ2) is 15.7. The van der Waals surface area contributed by atoms with Crippen LogP contribution in [0.5, 0.6) is 5.75 Å². The fourth-order valence-corrected chi connectivity index (χ4v) is 4.50. The summed E-state index contributed by atoms with van der Waals surface area (Å²) in [6, 6.07) is 7.26. The summed E-state index contributed by atoms with van der Waals surface area (Å²) in [5, 5.41) is 9.25. The second-order valence-electron chi connectivity index (χ2n) is 9.18. The van der Waals surface area contributed by atoms with Crippen LogP contribution in [0.4, 0.5) is 0 Å². The van der Waals surface area contributed by atoms with E-state index in [1.807, 2.05) is 17.0 Å². The number of hydrogen-bond acceptors (Lipinski definition) is 4. The van der Waals surface area contributed by atoms with Crippen LogP contribution in [-0.2, 0) is 20.7 Å². The molecule has 1 fully saturated rings. The molecular formula is C27H43NO5. The Morgan fingerprint density at radius 3 is 2.36 bits per heavy atom. The van der Waals surface area contributed by atoms with Crippen molar-refractivity contribution >= 4 is 11.9 Å². The van der Waals surface area contributed by atoms with E-state index in [1.165, 1.54) is 57.8 Å². The van der Waals surface area contributed by atoms with Gasteiger partial charge in [0.1, 0.15) is 5.75 Å². The fraction of sp³-hybridized carbons (Fsp3) is 0.704. The van der Waals surface area contributed by atoms with Crippen molar-refractivity contribution in [1.82, 2.24) is 4.90 Å². The van der Waals surface area contributed by atoms with Gasteiger partial charge in [-0.15, -0.1) is 0 Å². The van der Waals surface area contributed by atoms with E-state index in [1.54, 1.807) is 19.1 Å². The molecule has 1 unspecified atom stereocenters. The minimum atomic E-state index is -0.962. The molecule has 1 amide bonds. The fourth-order valence-electron chi connectivity index (χ4n) is 4.50. The number of benzene rings is 1. The summed E-state index contributed by atoms with van der Waals surface area (Å²) in [4.78, 5) is 26.3. The molecule has 0 spiro atoms. The summed E-state index contributed by atoms with van der Waals surface area (Å²) >= 11 is 0. The minimum absolute atomic E-state index is 0.0394. The number of hydrogen-bond donors (Lipinski definition) is 1. The molecular weight excluding hydrogens is 418 g/mol. The maximum absolute atomic E-state index is 13.0. The molecule has 6 heteroatoms. The third-order valence-electron chi connectivity index (χ3n) is 6.44. The first-order chi connectivity index (χ1) is 16.0. The molecule has 33 heavy (non-hydrogen) atoms. The number of rotatable bonds is 16. The van der Waals surface area contributed by atoms with Crippen molar-refractivity contribution < 1.29 is 24.2 Å². The zero-order chi connectivity index (χ0) is 23.9. The van der Waals surface area contributed by atoms with Gasteiger partial charge in [-0.2, -0.15) is 0 Å². The molecule has 0 aliphatic heterocycles. The second-order valence-corrected chi connectivity index (χ2v) is 9.18. The minimum Gasteiger partial charge on any atom is -0.484 e. The summed E-state index contributed by atoms with van der Waals surface area (Å²) in [6.07, 6.45) is 11.7. The Morgan fingerprint density at radius 1 is 1.03 bits per heavy atom. The van der Waals surface area contributed by atoms with Crippen molar-refractivity contribution in [1.29, 1.82) is 0 Å². The normalized spacial score (nSPS) is 15.2. The first kappa shape index (κ1) is 27.2. The van der Waals surface area contributed by atoms with Gasteiger partial charge in [-0.1, -0.05) is 64.0 Å². The Kier molecular flexibility index (Phi) is 12.9. The largest absolute Gasteiger partial charge is 0.484 e. The van der Waals surface area contributed by atoms with Gasteiger partial charge in [-0.05, 0) is 49.8 Å². The van der Waals surface area contributed by atoms with Gasteiger partial charge in [-0.25, -0.2) is 4.79 Å². The molecule has 1 N–H and O–H groups in total. The van der Waals surface area contributed by atoms with Crippen LogP contribution in [0.25, 0.3) is 0 Å². The predicted octanol–water partition coefficient (Wildman–Crippen LogP) is 5.48. The van der Waals surface area contributed by atoms with Gasteiger partial charge in [0.05, 0.1) is 0 Å².